The molecule has 0 aliphatic heterocycles. The maximum Gasteiger partial charge on any atom is 0.366 e. The summed E-state index contributed by atoms with van der Waals surface area (Å²) in [4.78, 5) is 74.3. The summed E-state index contributed by atoms with van der Waals surface area (Å²) in [5.41, 5.74) is 5.03. The normalized spacial score (nSPS) is 13.6. The fraction of sp³-hybridized carbons (Fsp3) is 0.577. The predicted molar refractivity (Wildman–Crippen MR) is 145 cm³/mol. The van der Waals surface area contributed by atoms with Crippen molar-refractivity contribution in [2.75, 3.05) is 33.5 Å². The fourth-order valence-corrected chi connectivity index (χ4v) is 3.07. The largest absolute Gasteiger partial charge is 0.464 e. The van der Waals surface area contributed by atoms with Crippen LogP contribution in [0.3, 0.4) is 0 Å². The standard InChI is InChI=1S/C26H41N5O9/c1-8-10-39-13-17(27)22(33)30-21(16(5)6)25(36)31-20(15(3)4)24(35)29-19(14-40-11-9-2)23(34)28-18(12-32)26(37)38-7/h8-9,15-17,19-21H,1-2,10-11,13-14,27H2,3-7H3,(H,28,34)(H,29,35)(H,30,33)(H,31,36)/t17-,19-,20-,21-/m0/s1. The van der Waals surface area contributed by atoms with Gasteiger partial charge in [0, 0.05) is 0 Å². The third-order valence-corrected chi connectivity index (χ3v) is 5.26. The van der Waals surface area contributed by atoms with Crippen molar-refractivity contribution in [2.24, 2.45) is 17.6 Å². The van der Waals surface area contributed by atoms with E-state index in [1.165, 1.54) is 18.1 Å². The van der Waals surface area contributed by atoms with Crippen LogP contribution in [0.1, 0.15) is 27.7 Å². The van der Waals surface area contributed by atoms with E-state index in [1.807, 2.05) is 5.32 Å². The number of amides is 4. The van der Waals surface area contributed by atoms with Crippen molar-refractivity contribution in [1.82, 2.24) is 21.3 Å². The Labute approximate surface area is 234 Å². The molecule has 14 nitrogen and oxygen atoms in total. The summed E-state index contributed by atoms with van der Waals surface area (Å²) in [6.45, 7) is 13.5. The van der Waals surface area contributed by atoms with Crippen molar-refractivity contribution >= 4 is 35.5 Å². The Morgan fingerprint density at radius 2 is 1.27 bits per heavy atom. The highest BCUT2D eigenvalue weighted by atomic mass is 16.5. The van der Waals surface area contributed by atoms with Crippen molar-refractivity contribution in [3.63, 3.8) is 0 Å². The lowest BCUT2D eigenvalue weighted by atomic mass is 9.99. The highest BCUT2D eigenvalue weighted by Crippen LogP contribution is 2.08. The first-order chi connectivity index (χ1) is 18.8. The van der Waals surface area contributed by atoms with Gasteiger partial charge in [0.15, 0.2) is 5.94 Å². The van der Waals surface area contributed by atoms with E-state index < -0.39 is 65.4 Å². The number of methoxy groups -OCH3 is 1. The number of ether oxygens (including phenoxy) is 3. The highest BCUT2D eigenvalue weighted by molar-refractivity contribution is 6.02. The molecular formula is C26H41N5O9. The number of nitrogens with two attached hydrogens (primary N) is 1. The first kappa shape index (κ1) is 36.2. The Kier molecular flexibility index (Phi) is 17.4. The summed E-state index contributed by atoms with van der Waals surface area (Å²) in [5, 5.41) is 9.67. The molecule has 4 atom stereocenters. The topological polar surface area (TPSA) is 204 Å². The number of nitrogens with one attached hydrogen (secondary N) is 4. The lowest BCUT2D eigenvalue weighted by molar-refractivity contribution is -0.138. The third kappa shape index (κ3) is 12.8. The maximum atomic E-state index is 13.2. The van der Waals surface area contributed by atoms with E-state index in [0.717, 1.165) is 7.11 Å². The molecule has 0 aliphatic rings. The molecule has 0 fully saturated rings. The summed E-state index contributed by atoms with van der Waals surface area (Å²) < 4.78 is 14.9. The molecule has 0 unspecified atom stereocenters. The van der Waals surface area contributed by atoms with Crippen LogP contribution in [0.2, 0.25) is 0 Å². The molecule has 0 saturated carbocycles. The fourth-order valence-electron chi connectivity index (χ4n) is 3.07. The van der Waals surface area contributed by atoms with Crippen molar-refractivity contribution in [2.45, 2.75) is 51.9 Å². The quantitative estimate of drug-likeness (QED) is 0.0401. The average molecular weight is 568 g/mol. The van der Waals surface area contributed by atoms with Gasteiger partial charge < -0.3 is 41.2 Å². The van der Waals surface area contributed by atoms with Gasteiger partial charge in [0.05, 0.1) is 33.5 Å². The van der Waals surface area contributed by atoms with Crippen molar-refractivity contribution < 1.29 is 43.0 Å². The molecule has 0 saturated heterocycles. The SMILES string of the molecule is C=CCOC[C@H](NC(=O)[C@@H](NC(=O)[C@@H](NC(=O)[C@@H](N)COCC=C)C(C)C)C(C)C)C(=O)NC(=C=O)C(=O)OC. The van der Waals surface area contributed by atoms with Gasteiger partial charge in [-0.15, -0.1) is 13.2 Å². The van der Waals surface area contributed by atoms with Crippen molar-refractivity contribution in [1.29, 1.82) is 0 Å². The number of carbonyl (C=O) groups excluding carboxylic acids is 6. The Hall–Kier alpha value is -3.84. The monoisotopic (exact) mass is 567 g/mol. The first-order valence-corrected chi connectivity index (χ1v) is 12.5. The van der Waals surface area contributed by atoms with Crippen LogP contribution in [-0.2, 0) is 43.0 Å². The molecule has 0 radical (unpaired) electrons. The second-order valence-corrected chi connectivity index (χ2v) is 9.24. The van der Waals surface area contributed by atoms with E-state index in [-0.39, 0.29) is 32.3 Å². The minimum Gasteiger partial charge on any atom is -0.464 e. The molecule has 0 spiro atoms. The van der Waals surface area contributed by atoms with Gasteiger partial charge in [0.25, 0.3) is 0 Å². The first-order valence-electron chi connectivity index (χ1n) is 12.5. The van der Waals surface area contributed by atoms with Gasteiger partial charge in [-0.25, -0.2) is 9.59 Å². The van der Waals surface area contributed by atoms with E-state index in [4.69, 9.17) is 15.2 Å². The van der Waals surface area contributed by atoms with Gasteiger partial charge in [0.2, 0.25) is 29.3 Å². The smallest absolute Gasteiger partial charge is 0.366 e. The van der Waals surface area contributed by atoms with Crippen LogP contribution in [0.5, 0.6) is 0 Å². The van der Waals surface area contributed by atoms with E-state index in [9.17, 15) is 28.8 Å². The second kappa shape index (κ2) is 19.3. The van der Waals surface area contributed by atoms with Gasteiger partial charge in [-0.05, 0) is 11.8 Å². The van der Waals surface area contributed by atoms with Gasteiger partial charge >= 0.3 is 5.97 Å². The van der Waals surface area contributed by atoms with Gasteiger partial charge in [0.1, 0.15) is 24.2 Å². The Balaban J connectivity index is 5.68. The summed E-state index contributed by atoms with van der Waals surface area (Å²) in [5.74, 6) is -3.71. The molecule has 0 aromatic heterocycles. The van der Waals surface area contributed by atoms with Crippen LogP contribution in [0.4, 0.5) is 0 Å². The van der Waals surface area contributed by atoms with Crippen LogP contribution >= 0.6 is 0 Å². The molecule has 40 heavy (non-hydrogen) atoms. The summed E-state index contributed by atoms with van der Waals surface area (Å²) in [6.07, 6.45) is 2.92. The molecule has 224 valence electrons. The molecule has 14 heteroatoms. The number of rotatable bonds is 19. The average Bonchev–Trinajstić information content (AvgIpc) is 2.91. The molecule has 4 amide bonds. The summed E-state index contributed by atoms with van der Waals surface area (Å²) in [6, 6.07) is -4.61. The zero-order valence-electron chi connectivity index (χ0n) is 23.6. The predicted octanol–water partition coefficient (Wildman–Crippen LogP) is -1.51. The lowest BCUT2D eigenvalue weighted by Gasteiger charge is -2.29. The molecule has 0 aliphatic carbocycles. The minimum absolute atomic E-state index is 0.0356. The lowest BCUT2D eigenvalue weighted by Crippen LogP contribution is -2.60. The molecule has 6 N–H and O–H groups in total. The molecule has 0 heterocycles. The minimum atomic E-state index is -1.38. The Morgan fingerprint density at radius 3 is 1.73 bits per heavy atom. The number of hydrogen-bond donors (Lipinski definition) is 5. The van der Waals surface area contributed by atoms with E-state index in [2.05, 4.69) is 33.8 Å². The van der Waals surface area contributed by atoms with E-state index in [0.29, 0.717) is 0 Å². The zero-order valence-corrected chi connectivity index (χ0v) is 23.6. The Morgan fingerprint density at radius 1 is 0.800 bits per heavy atom. The number of carbonyl (C=O) groups is 5. The molecular weight excluding hydrogens is 526 g/mol. The van der Waals surface area contributed by atoms with E-state index >= 15 is 0 Å². The third-order valence-electron chi connectivity index (χ3n) is 5.26. The van der Waals surface area contributed by atoms with Crippen LogP contribution < -0.4 is 27.0 Å². The zero-order chi connectivity index (χ0) is 30.8. The number of hydrogen-bond acceptors (Lipinski definition) is 10. The van der Waals surface area contributed by atoms with Gasteiger partial charge in [-0.1, -0.05) is 39.8 Å². The second-order valence-electron chi connectivity index (χ2n) is 9.24. The highest BCUT2D eigenvalue weighted by Gasteiger charge is 2.33. The van der Waals surface area contributed by atoms with Crippen molar-refractivity contribution in [3.8, 4) is 0 Å². The van der Waals surface area contributed by atoms with Crippen molar-refractivity contribution in [3.05, 3.63) is 31.0 Å². The molecule has 0 rings (SSSR count). The van der Waals surface area contributed by atoms with Crippen LogP contribution in [-0.4, -0.2) is 93.2 Å². The Bertz CT molecular complexity index is 960. The molecule has 0 aromatic carbocycles. The van der Waals surface area contributed by atoms with Crippen LogP contribution in [0.15, 0.2) is 31.0 Å². The van der Waals surface area contributed by atoms with Crippen LogP contribution in [0.25, 0.3) is 0 Å². The van der Waals surface area contributed by atoms with E-state index in [1.54, 1.807) is 27.7 Å². The summed E-state index contributed by atoms with van der Waals surface area (Å²) in [7, 11) is 1.01. The summed E-state index contributed by atoms with van der Waals surface area (Å²) >= 11 is 0. The maximum absolute atomic E-state index is 13.2. The number of esters is 1. The van der Waals surface area contributed by atoms with Crippen LogP contribution in [0, 0.1) is 11.8 Å². The van der Waals surface area contributed by atoms with Gasteiger partial charge in [-0.3, -0.25) is 19.2 Å². The molecule has 0 aromatic rings. The molecule has 0 bridgehead atoms. The van der Waals surface area contributed by atoms with Gasteiger partial charge in [-0.2, -0.15) is 0 Å².